The lowest BCUT2D eigenvalue weighted by atomic mass is 10.2. The largest absolute Gasteiger partial charge is 0.493 e. The molecule has 0 aliphatic carbocycles. The topological polar surface area (TPSA) is 27.7 Å². The molecule has 0 N–H and O–H groups in total. The summed E-state index contributed by atoms with van der Waals surface area (Å²) in [6.07, 6.45) is 0. The summed E-state index contributed by atoms with van der Waals surface area (Å²) in [5.41, 5.74) is 2.04. The van der Waals surface area contributed by atoms with Crippen molar-refractivity contribution in [1.82, 2.24) is 0 Å². The number of halogens is 2. The van der Waals surface area contributed by atoms with Gasteiger partial charge in [0.05, 0.1) is 18.7 Å². The van der Waals surface area contributed by atoms with Crippen LogP contribution in [0.25, 0.3) is 0 Å². The van der Waals surface area contributed by atoms with E-state index < -0.39 is 0 Å². The second-order valence-corrected chi connectivity index (χ2v) is 5.50. The van der Waals surface area contributed by atoms with E-state index >= 15 is 0 Å². The summed E-state index contributed by atoms with van der Waals surface area (Å²) >= 11 is 9.28. The Labute approximate surface area is 137 Å². The van der Waals surface area contributed by atoms with Crippen LogP contribution in [-0.2, 0) is 12.5 Å². The summed E-state index contributed by atoms with van der Waals surface area (Å²) in [5, 5.41) is 0. The maximum absolute atomic E-state index is 5.81. The van der Waals surface area contributed by atoms with Crippen molar-refractivity contribution in [3.63, 3.8) is 0 Å². The van der Waals surface area contributed by atoms with Crippen molar-refractivity contribution in [2.75, 3.05) is 14.2 Å². The van der Waals surface area contributed by atoms with E-state index in [1.807, 2.05) is 36.4 Å². The van der Waals surface area contributed by atoms with Gasteiger partial charge in [-0.2, -0.15) is 0 Å². The summed E-state index contributed by atoms with van der Waals surface area (Å²) in [6.45, 7) is 0.444. The first-order chi connectivity index (χ1) is 10.2. The minimum absolute atomic E-state index is 0.444. The third-order valence-electron chi connectivity index (χ3n) is 2.99. The van der Waals surface area contributed by atoms with Crippen LogP contribution in [0, 0.1) is 0 Å². The highest BCUT2D eigenvalue weighted by Crippen LogP contribution is 2.30. The molecular weight excluding hydrogens is 356 g/mol. The Balaban J connectivity index is 2.09. The Morgan fingerprint density at radius 1 is 0.905 bits per heavy atom. The van der Waals surface area contributed by atoms with Crippen molar-refractivity contribution < 1.29 is 14.2 Å². The van der Waals surface area contributed by atoms with Gasteiger partial charge in [-0.1, -0.05) is 12.1 Å². The van der Waals surface area contributed by atoms with Gasteiger partial charge in [0.2, 0.25) is 0 Å². The van der Waals surface area contributed by atoms with E-state index in [1.165, 1.54) is 0 Å². The van der Waals surface area contributed by atoms with Crippen molar-refractivity contribution in [2.45, 2.75) is 12.5 Å². The maximum Gasteiger partial charge on any atom is 0.161 e. The number of alkyl halides is 1. The Bertz CT molecular complexity index is 616. The zero-order valence-electron chi connectivity index (χ0n) is 11.9. The Hall–Kier alpha value is -1.39. The number of methoxy groups -OCH3 is 2. The Kier molecular flexibility index (Phi) is 5.76. The molecule has 0 atom stereocenters. The highest BCUT2D eigenvalue weighted by Gasteiger charge is 2.07. The van der Waals surface area contributed by atoms with Crippen LogP contribution < -0.4 is 14.2 Å². The molecule has 2 aromatic rings. The standard InChI is InChI=1S/C16H16BrClO3/c1-19-15-6-4-12(8-16(15)20-2)10-21-14-5-3-11(9-18)7-13(14)17/h3-8H,9-10H2,1-2H3. The lowest BCUT2D eigenvalue weighted by Gasteiger charge is -2.12. The van der Waals surface area contributed by atoms with Crippen LogP contribution in [0.5, 0.6) is 17.2 Å². The molecule has 3 nitrogen and oxygen atoms in total. The van der Waals surface area contributed by atoms with Gasteiger partial charge < -0.3 is 14.2 Å². The quantitative estimate of drug-likeness (QED) is 0.684. The monoisotopic (exact) mass is 370 g/mol. The third kappa shape index (κ3) is 4.05. The van der Waals surface area contributed by atoms with Crippen LogP contribution in [0.3, 0.4) is 0 Å². The van der Waals surface area contributed by atoms with E-state index in [-0.39, 0.29) is 0 Å². The molecule has 0 aromatic heterocycles. The zero-order valence-corrected chi connectivity index (χ0v) is 14.2. The normalized spacial score (nSPS) is 10.3. The first kappa shape index (κ1) is 16.0. The number of hydrogen-bond acceptors (Lipinski definition) is 3. The molecule has 0 saturated heterocycles. The van der Waals surface area contributed by atoms with Gasteiger partial charge in [0.15, 0.2) is 11.5 Å². The van der Waals surface area contributed by atoms with Crippen LogP contribution in [0.1, 0.15) is 11.1 Å². The van der Waals surface area contributed by atoms with Gasteiger partial charge >= 0.3 is 0 Å². The van der Waals surface area contributed by atoms with E-state index in [0.717, 1.165) is 21.3 Å². The zero-order chi connectivity index (χ0) is 15.2. The molecule has 0 amide bonds. The summed E-state index contributed by atoms with van der Waals surface area (Å²) in [5.74, 6) is 2.65. The highest BCUT2D eigenvalue weighted by molar-refractivity contribution is 9.10. The SMILES string of the molecule is COc1ccc(COc2ccc(CCl)cc2Br)cc1OC. The summed E-state index contributed by atoms with van der Waals surface area (Å²) in [4.78, 5) is 0. The first-order valence-electron chi connectivity index (χ1n) is 6.36. The van der Waals surface area contributed by atoms with Crippen molar-refractivity contribution >= 4 is 27.5 Å². The second-order valence-electron chi connectivity index (χ2n) is 4.38. The first-order valence-corrected chi connectivity index (χ1v) is 7.68. The van der Waals surface area contributed by atoms with Crippen LogP contribution in [-0.4, -0.2) is 14.2 Å². The molecule has 0 spiro atoms. The van der Waals surface area contributed by atoms with Crippen LogP contribution >= 0.6 is 27.5 Å². The van der Waals surface area contributed by atoms with Crippen LogP contribution in [0.2, 0.25) is 0 Å². The minimum atomic E-state index is 0.444. The van der Waals surface area contributed by atoms with Gasteiger partial charge in [-0.25, -0.2) is 0 Å². The van der Waals surface area contributed by atoms with Gasteiger partial charge in [0.25, 0.3) is 0 Å². The average Bonchev–Trinajstić information content (AvgIpc) is 2.53. The smallest absolute Gasteiger partial charge is 0.161 e. The van der Waals surface area contributed by atoms with E-state index in [9.17, 15) is 0 Å². The molecular formula is C16H16BrClO3. The van der Waals surface area contributed by atoms with Gasteiger partial charge in [0.1, 0.15) is 12.4 Å². The van der Waals surface area contributed by atoms with Crippen LogP contribution in [0.4, 0.5) is 0 Å². The van der Waals surface area contributed by atoms with Gasteiger partial charge in [-0.15, -0.1) is 11.6 Å². The van der Waals surface area contributed by atoms with E-state index in [4.69, 9.17) is 25.8 Å². The summed E-state index contributed by atoms with van der Waals surface area (Å²) in [6, 6.07) is 11.5. The van der Waals surface area contributed by atoms with Crippen LogP contribution in [0.15, 0.2) is 40.9 Å². The molecule has 112 valence electrons. The molecule has 0 radical (unpaired) electrons. The van der Waals surface area contributed by atoms with Gasteiger partial charge in [0, 0.05) is 5.88 Å². The van der Waals surface area contributed by atoms with Crippen molar-refractivity contribution in [1.29, 1.82) is 0 Å². The average molecular weight is 372 g/mol. The molecule has 0 bridgehead atoms. The van der Waals surface area contributed by atoms with E-state index in [0.29, 0.717) is 24.0 Å². The number of benzene rings is 2. The fourth-order valence-electron chi connectivity index (χ4n) is 1.88. The molecule has 0 saturated carbocycles. The van der Waals surface area contributed by atoms with E-state index in [2.05, 4.69) is 15.9 Å². The minimum Gasteiger partial charge on any atom is -0.493 e. The van der Waals surface area contributed by atoms with E-state index in [1.54, 1.807) is 14.2 Å². The summed E-state index contributed by atoms with van der Waals surface area (Å²) in [7, 11) is 3.23. The maximum atomic E-state index is 5.81. The molecule has 0 fully saturated rings. The van der Waals surface area contributed by atoms with Crippen molar-refractivity contribution in [3.8, 4) is 17.2 Å². The lowest BCUT2D eigenvalue weighted by Crippen LogP contribution is -1.98. The Morgan fingerprint density at radius 2 is 1.57 bits per heavy atom. The van der Waals surface area contributed by atoms with Crippen molar-refractivity contribution in [2.24, 2.45) is 0 Å². The fourth-order valence-corrected chi connectivity index (χ4v) is 2.58. The molecule has 2 rings (SSSR count). The molecule has 5 heteroatoms. The van der Waals surface area contributed by atoms with Crippen molar-refractivity contribution in [3.05, 3.63) is 52.0 Å². The molecule has 2 aromatic carbocycles. The molecule has 21 heavy (non-hydrogen) atoms. The highest BCUT2D eigenvalue weighted by atomic mass is 79.9. The lowest BCUT2D eigenvalue weighted by molar-refractivity contribution is 0.302. The predicted octanol–water partition coefficient (Wildman–Crippen LogP) is 4.78. The second kappa shape index (κ2) is 7.57. The predicted molar refractivity (Wildman–Crippen MR) is 87.6 cm³/mol. The number of rotatable bonds is 6. The van der Waals surface area contributed by atoms with Gasteiger partial charge in [-0.05, 0) is 51.3 Å². The molecule has 0 aliphatic rings. The molecule has 0 aliphatic heterocycles. The molecule has 0 heterocycles. The summed E-state index contributed by atoms with van der Waals surface area (Å²) < 4.78 is 17.2. The Morgan fingerprint density at radius 3 is 2.19 bits per heavy atom. The number of hydrogen-bond donors (Lipinski definition) is 0. The third-order valence-corrected chi connectivity index (χ3v) is 3.92. The number of ether oxygens (including phenoxy) is 3. The fraction of sp³-hybridized carbons (Fsp3) is 0.250. The molecule has 0 unspecified atom stereocenters. The van der Waals surface area contributed by atoms with Gasteiger partial charge in [-0.3, -0.25) is 0 Å².